The third-order valence-electron chi connectivity index (χ3n) is 4.74. The van der Waals surface area contributed by atoms with Gasteiger partial charge in [-0.25, -0.2) is 9.78 Å². The van der Waals surface area contributed by atoms with Gasteiger partial charge in [-0.15, -0.1) is 0 Å². The van der Waals surface area contributed by atoms with Crippen molar-refractivity contribution in [3.8, 4) is 0 Å². The number of aliphatic carboxylic acids is 1. The van der Waals surface area contributed by atoms with E-state index in [2.05, 4.69) is 38.5 Å². The lowest BCUT2D eigenvalue weighted by Crippen LogP contribution is -2.59. The summed E-state index contributed by atoms with van der Waals surface area (Å²) in [6.07, 6.45) is 3.43. The van der Waals surface area contributed by atoms with E-state index in [-0.39, 0.29) is 18.1 Å². The van der Waals surface area contributed by atoms with Crippen molar-refractivity contribution < 1.29 is 29.4 Å². The minimum absolute atomic E-state index is 0.0267. The Morgan fingerprint density at radius 2 is 1.81 bits per heavy atom. The van der Waals surface area contributed by atoms with Crippen LogP contribution in [0.3, 0.4) is 0 Å². The van der Waals surface area contributed by atoms with Crippen LogP contribution in [0.5, 0.6) is 0 Å². The van der Waals surface area contributed by atoms with Crippen molar-refractivity contribution in [1.82, 2.24) is 25.9 Å². The molecule has 174 valence electrons. The fraction of sp³-hybridized carbons (Fsp3) is 0.611. The highest BCUT2D eigenvalue weighted by Crippen LogP contribution is 2.10. The first-order chi connectivity index (χ1) is 14.6. The summed E-state index contributed by atoms with van der Waals surface area (Å²) in [6, 6.07) is -4.61. The van der Waals surface area contributed by atoms with Crippen molar-refractivity contribution in [3.05, 3.63) is 18.2 Å². The summed E-state index contributed by atoms with van der Waals surface area (Å²) < 4.78 is 0. The number of carbonyl (C=O) groups excluding carboxylic acids is 3. The largest absolute Gasteiger partial charge is 0.480 e. The molecule has 0 aromatic carbocycles. The normalized spacial score (nSPS) is 15.8. The van der Waals surface area contributed by atoms with Crippen LogP contribution in [-0.2, 0) is 25.6 Å². The molecule has 0 fully saturated rings. The summed E-state index contributed by atoms with van der Waals surface area (Å²) in [5, 5.41) is 25.6. The van der Waals surface area contributed by atoms with Gasteiger partial charge >= 0.3 is 5.97 Å². The summed E-state index contributed by atoms with van der Waals surface area (Å²) in [7, 11) is 0. The van der Waals surface area contributed by atoms with Crippen LogP contribution in [0.25, 0.3) is 0 Å². The molecule has 31 heavy (non-hydrogen) atoms. The predicted octanol–water partition coefficient (Wildman–Crippen LogP) is -2.21. The SMILES string of the molecule is CCC(C)C(NC(=O)C(Cc1cnc[nH]1)NC(=O)C(N)CO)C(=O)NC(CS)C(=O)O. The first-order valence-corrected chi connectivity index (χ1v) is 10.4. The number of carboxylic acids is 1. The number of nitrogens with one attached hydrogen (secondary N) is 4. The number of hydrogen-bond acceptors (Lipinski definition) is 8. The van der Waals surface area contributed by atoms with Crippen LogP contribution in [-0.4, -0.2) is 80.4 Å². The van der Waals surface area contributed by atoms with Gasteiger partial charge in [-0.05, 0) is 5.92 Å². The number of aliphatic hydroxyl groups excluding tert-OH is 1. The molecule has 12 nitrogen and oxygen atoms in total. The number of thiol groups is 1. The van der Waals surface area contributed by atoms with Gasteiger partial charge in [-0.1, -0.05) is 20.3 Å². The van der Waals surface area contributed by atoms with Gasteiger partial charge in [0.1, 0.15) is 24.2 Å². The minimum atomic E-state index is -1.25. The molecule has 0 saturated heterocycles. The predicted molar refractivity (Wildman–Crippen MR) is 114 cm³/mol. The van der Waals surface area contributed by atoms with E-state index >= 15 is 0 Å². The Morgan fingerprint density at radius 1 is 1.16 bits per heavy atom. The fourth-order valence-corrected chi connectivity index (χ4v) is 2.84. The maximum Gasteiger partial charge on any atom is 0.327 e. The number of H-pyrrole nitrogens is 1. The second-order valence-electron chi connectivity index (χ2n) is 7.08. The van der Waals surface area contributed by atoms with Gasteiger partial charge in [0.15, 0.2) is 0 Å². The molecule has 0 aliphatic rings. The fourth-order valence-electron chi connectivity index (χ4n) is 2.59. The van der Waals surface area contributed by atoms with Crippen molar-refractivity contribution in [2.45, 2.75) is 50.9 Å². The second kappa shape index (κ2) is 12.9. The van der Waals surface area contributed by atoms with Crippen LogP contribution in [0.2, 0.25) is 0 Å². The number of nitrogens with zero attached hydrogens (tertiary/aromatic N) is 1. The van der Waals surface area contributed by atoms with Gasteiger partial charge in [0, 0.05) is 24.1 Å². The number of carboxylic acid groups (broad SMARTS) is 1. The number of hydrogen-bond donors (Lipinski definition) is 8. The first-order valence-electron chi connectivity index (χ1n) is 9.72. The number of rotatable bonds is 13. The molecule has 0 aliphatic carbocycles. The molecule has 3 amide bonds. The zero-order valence-corrected chi connectivity index (χ0v) is 18.3. The van der Waals surface area contributed by atoms with E-state index in [0.29, 0.717) is 12.1 Å². The quantitative estimate of drug-likeness (QED) is 0.152. The van der Waals surface area contributed by atoms with E-state index in [4.69, 9.17) is 15.9 Å². The Kier molecular flexibility index (Phi) is 11.0. The van der Waals surface area contributed by atoms with E-state index < -0.39 is 54.5 Å². The maximum atomic E-state index is 13.0. The highest BCUT2D eigenvalue weighted by Gasteiger charge is 2.32. The Balaban J connectivity index is 3.03. The van der Waals surface area contributed by atoms with E-state index in [1.165, 1.54) is 12.5 Å². The lowest BCUT2D eigenvalue weighted by Gasteiger charge is -2.27. The Hall–Kier alpha value is -2.64. The number of amides is 3. The van der Waals surface area contributed by atoms with Crippen LogP contribution in [0, 0.1) is 5.92 Å². The number of aromatic nitrogens is 2. The molecule has 0 aliphatic heterocycles. The Bertz CT molecular complexity index is 746. The molecule has 0 radical (unpaired) electrons. The monoisotopic (exact) mass is 458 g/mol. The van der Waals surface area contributed by atoms with Crippen molar-refractivity contribution in [3.63, 3.8) is 0 Å². The molecule has 1 aromatic rings. The minimum Gasteiger partial charge on any atom is -0.480 e. The lowest BCUT2D eigenvalue weighted by atomic mass is 9.97. The van der Waals surface area contributed by atoms with E-state index in [1.807, 2.05) is 6.92 Å². The van der Waals surface area contributed by atoms with Crippen molar-refractivity contribution in [2.75, 3.05) is 12.4 Å². The topological polar surface area (TPSA) is 200 Å². The standard InChI is InChI=1S/C18H30N6O6S/c1-3-9(2)14(17(28)23-13(7-31)18(29)30)24-16(27)12(4-10-5-20-8-21-10)22-15(26)11(19)6-25/h5,8-9,11-14,25,31H,3-4,6-7,19H2,1-2H3,(H,20,21)(H,22,26)(H,23,28)(H,24,27)(H,29,30). The van der Waals surface area contributed by atoms with Crippen LogP contribution in [0.1, 0.15) is 26.0 Å². The van der Waals surface area contributed by atoms with Gasteiger partial charge in [-0.2, -0.15) is 12.6 Å². The molecule has 13 heteroatoms. The average Bonchev–Trinajstić information content (AvgIpc) is 3.26. The molecule has 5 atom stereocenters. The van der Waals surface area contributed by atoms with Gasteiger partial charge < -0.3 is 36.9 Å². The Labute approximate surface area is 185 Å². The molecule has 1 aromatic heterocycles. The average molecular weight is 459 g/mol. The van der Waals surface area contributed by atoms with Gasteiger partial charge in [0.2, 0.25) is 17.7 Å². The van der Waals surface area contributed by atoms with Gasteiger partial charge in [-0.3, -0.25) is 14.4 Å². The number of aromatic amines is 1. The van der Waals surface area contributed by atoms with Crippen molar-refractivity contribution >= 4 is 36.3 Å². The summed E-state index contributed by atoms with van der Waals surface area (Å²) >= 11 is 3.92. The summed E-state index contributed by atoms with van der Waals surface area (Å²) in [6.45, 7) is 2.93. The summed E-state index contributed by atoms with van der Waals surface area (Å²) in [5.41, 5.74) is 6.06. The summed E-state index contributed by atoms with van der Waals surface area (Å²) in [5.74, 6) is -3.80. The highest BCUT2D eigenvalue weighted by molar-refractivity contribution is 7.80. The molecule has 1 heterocycles. The molecular weight excluding hydrogens is 428 g/mol. The highest BCUT2D eigenvalue weighted by atomic mass is 32.1. The smallest absolute Gasteiger partial charge is 0.327 e. The summed E-state index contributed by atoms with van der Waals surface area (Å²) in [4.78, 5) is 55.7. The van der Waals surface area contributed by atoms with E-state index in [1.54, 1.807) is 6.92 Å². The molecule has 5 unspecified atom stereocenters. The van der Waals surface area contributed by atoms with Gasteiger partial charge in [0.05, 0.1) is 12.9 Å². The van der Waals surface area contributed by atoms with Crippen LogP contribution < -0.4 is 21.7 Å². The number of nitrogens with two attached hydrogens (primary N) is 1. The molecular formula is C18H30N6O6S. The van der Waals surface area contributed by atoms with Crippen molar-refractivity contribution in [1.29, 1.82) is 0 Å². The van der Waals surface area contributed by atoms with Crippen LogP contribution in [0.4, 0.5) is 0 Å². The maximum absolute atomic E-state index is 13.0. The Morgan fingerprint density at radius 3 is 2.29 bits per heavy atom. The van der Waals surface area contributed by atoms with Crippen LogP contribution >= 0.6 is 12.6 Å². The number of imidazole rings is 1. The van der Waals surface area contributed by atoms with Crippen molar-refractivity contribution in [2.24, 2.45) is 11.7 Å². The zero-order valence-electron chi connectivity index (χ0n) is 17.4. The molecule has 8 N–H and O–H groups in total. The first kappa shape index (κ1) is 26.4. The molecule has 1 rings (SSSR count). The second-order valence-corrected chi connectivity index (χ2v) is 7.45. The van der Waals surface area contributed by atoms with E-state index in [9.17, 15) is 19.2 Å². The molecule has 0 saturated carbocycles. The van der Waals surface area contributed by atoms with Gasteiger partial charge in [0.25, 0.3) is 0 Å². The van der Waals surface area contributed by atoms with E-state index in [0.717, 1.165) is 0 Å². The number of aliphatic hydroxyl groups is 1. The number of carbonyl (C=O) groups is 4. The molecule has 0 bridgehead atoms. The lowest BCUT2D eigenvalue weighted by molar-refractivity contribution is -0.142. The zero-order chi connectivity index (χ0) is 23.6. The molecule has 0 spiro atoms. The third-order valence-corrected chi connectivity index (χ3v) is 5.10. The third kappa shape index (κ3) is 8.19. The van der Waals surface area contributed by atoms with Crippen LogP contribution in [0.15, 0.2) is 12.5 Å².